The molecular weight excluding hydrogens is 454 g/mol. The normalized spacial score (nSPS) is 18.3. The van der Waals surface area contributed by atoms with Crippen LogP contribution in [-0.4, -0.2) is 38.7 Å². The lowest BCUT2D eigenvalue weighted by Crippen LogP contribution is -2.30. The van der Waals surface area contributed by atoms with Gasteiger partial charge < -0.3 is 4.90 Å². The predicted molar refractivity (Wildman–Crippen MR) is 121 cm³/mol. The molecule has 5 rings (SSSR count). The van der Waals surface area contributed by atoms with Crippen LogP contribution in [0.4, 0.5) is 4.39 Å². The maximum atomic E-state index is 15.1. The minimum Gasteiger partial charge on any atom is -0.342 e. The van der Waals surface area contributed by atoms with Gasteiger partial charge in [-0.15, -0.1) is 0 Å². The minimum absolute atomic E-state index is 0.131. The molecule has 1 aliphatic heterocycles. The van der Waals surface area contributed by atoms with Gasteiger partial charge in [-0.2, -0.15) is 5.10 Å². The second kappa shape index (κ2) is 8.37. The highest BCUT2D eigenvalue weighted by Crippen LogP contribution is 2.34. The molecule has 1 aromatic heterocycles. The van der Waals surface area contributed by atoms with E-state index >= 15 is 4.39 Å². The van der Waals surface area contributed by atoms with E-state index in [-0.39, 0.29) is 23.4 Å². The van der Waals surface area contributed by atoms with E-state index in [4.69, 9.17) is 23.2 Å². The summed E-state index contributed by atoms with van der Waals surface area (Å²) in [5.41, 5.74) is 0.973. The van der Waals surface area contributed by atoms with Gasteiger partial charge in [0.05, 0.1) is 15.7 Å². The van der Waals surface area contributed by atoms with Crippen LogP contribution in [0.3, 0.4) is 0 Å². The second-order valence-corrected chi connectivity index (χ2v) is 9.31. The number of hydrogen-bond donors (Lipinski definition) is 1. The van der Waals surface area contributed by atoms with Crippen LogP contribution in [0, 0.1) is 17.7 Å². The van der Waals surface area contributed by atoms with Crippen LogP contribution in [0.1, 0.15) is 25.1 Å². The summed E-state index contributed by atoms with van der Waals surface area (Å²) in [6, 6.07) is 9.74. The van der Waals surface area contributed by atoms with Crippen LogP contribution in [0.5, 0.6) is 0 Å². The van der Waals surface area contributed by atoms with Crippen molar-refractivity contribution in [2.24, 2.45) is 11.8 Å². The lowest BCUT2D eigenvalue weighted by molar-refractivity contribution is -0.131. The molecule has 1 unspecified atom stereocenters. The molecule has 2 aliphatic rings. The Kier molecular flexibility index (Phi) is 5.55. The first-order valence-electron chi connectivity index (χ1n) is 10.6. The number of nitrogens with zero attached hydrogens (tertiary/aromatic N) is 3. The van der Waals surface area contributed by atoms with Crippen molar-refractivity contribution in [3.63, 3.8) is 0 Å². The number of amides is 1. The van der Waals surface area contributed by atoms with Crippen molar-refractivity contribution < 1.29 is 9.18 Å². The summed E-state index contributed by atoms with van der Waals surface area (Å²) in [4.78, 5) is 26.7. The standard InChI is InChI=1S/C23H21Cl2FN4O2/c24-17-5-3-15(10-18(17)25)16-4-6-20(19(26)11-16)30-21(27-28-23(30)32)9-13-7-8-29(12-13)22(31)14-1-2-14/h3-6,10-11,13-14H,1-2,7-9,12H2,(H,28,32). The third-order valence-corrected chi connectivity index (χ3v) is 6.92. The predicted octanol–water partition coefficient (Wildman–Crippen LogP) is 4.47. The van der Waals surface area contributed by atoms with Crippen LogP contribution in [0.2, 0.25) is 10.0 Å². The van der Waals surface area contributed by atoms with Gasteiger partial charge in [-0.3, -0.25) is 4.79 Å². The smallest absolute Gasteiger partial charge is 0.342 e. The Balaban J connectivity index is 1.38. The summed E-state index contributed by atoms with van der Waals surface area (Å²) in [5.74, 6) is 0.527. The van der Waals surface area contributed by atoms with Crippen molar-refractivity contribution in [3.05, 3.63) is 68.6 Å². The number of rotatable bonds is 5. The van der Waals surface area contributed by atoms with E-state index in [1.807, 2.05) is 4.90 Å². The van der Waals surface area contributed by atoms with Crippen LogP contribution in [0.25, 0.3) is 16.8 Å². The van der Waals surface area contributed by atoms with Gasteiger partial charge >= 0.3 is 5.69 Å². The zero-order valence-electron chi connectivity index (χ0n) is 17.2. The number of carbonyl (C=O) groups is 1. The SMILES string of the molecule is O=C(C1CC1)N1CCC(Cc2n[nH]c(=O)n2-c2ccc(-c3ccc(Cl)c(Cl)c3)cc2F)C1. The molecular formula is C23H21Cl2FN4O2. The third kappa shape index (κ3) is 4.07. The minimum atomic E-state index is -0.546. The summed E-state index contributed by atoms with van der Waals surface area (Å²) in [5, 5.41) is 7.38. The second-order valence-electron chi connectivity index (χ2n) is 8.49. The molecule has 0 spiro atoms. The number of aromatic amines is 1. The highest BCUT2D eigenvalue weighted by Gasteiger charge is 2.37. The van der Waals surface area contributed by atoms with Crippen molar-refractivity contribution in [2.75, 3.05) is 13.1 Å². The molecule has 1 saturated carbocycles. The van der Waals surface area contributed by atoms with E-state index in [0.717, 1.165) is 31.4 Å². The van der Waals surface area contributed by atoms with Gasteiger partial charge in [0, 0.05) is 25.4 Å². The van der Waals surface area contributed by atoms with Crippen molar-refractivity contribution in [3.8, 4) is 16.8 Å². The fourth-order valence-electron chi connectivity index (χ4n) is 4.30. The first-order chi connectivity index (χ1) is 15.4. The number of aromatic nitrogens is 3. The third-order valence-electron chi connectivity index (χ3n) is 6.18. The average Bonchev–Trinajstić information content (AvgIpc) is 3.43. The van der Waals surface area contributed by atoms with Gasteiger partial charge in [-0.25, -0.2) is 18.9 Å². The molecule has 2 aromatic carbocycles. The monoisotopic (exact) mass is 474 g/mol. The van der Waals surface area contributed by atoms with E-state index in [2.05, 4.69) is 10.2 Å². The summed E-state index contributed by atoms with van der Waals surface area (Å²) in [7, 11) is 0. The van der Waals surface area contributed by atoms with Gasteiger partial charge in [-0.05, 0) is 60.6 Å². The van der Waals surface area contributed by atoms with Crippen LogP contribution >= 0.6 is 23.2 Å². The topological polar surface area (TPSA) is 71.0 Å². The number of H-pyrrole nitrogens is 1. The Morgan fingerprint density at radius 3 is 2.56 bits per heavy atom. The van der Waals surface area contributed by atoms with Crippen LogP contribution in [-0.2, 0) is 11.2 Å². The Hall–Kier alpha value is -2.64. The molecule has 32 heavy (non-hydrogen) atoms. The first-order valence-corrected chi connectivity index (χ1v) is 11.4. The summed E-state index contributed by atoms with van der Waals surface area (Å²) in [6.07, 6.45) is 3.30. The Morgan fingerprint density at radius 2 is 1.84 bits per heavy atom. The van der Waals surface area contributed by atoms with E-state index < -0.39 is 11.5 Å². The summed E-state index contributed by atoms with van der Waals surface area (Å²) >= 11 is 12.0. The maximum Gasteiger partial charge on any atom is 0.348 e. The number of halogens is 3. The van der Waals surface area contributed by atoms with Crippen molar-refractivity contribution >= 4 is 29.1 Å². The quantitative estimate of drug-likeness (QED) is 0.592. The van der Waals surface area contributed by atoms with Crippen molar-refractivity contribution in [1.29, 1.82) is 0 Å². The fraction of sp³-hybridized carbons (Fsp3) is 0.348. The number of likely N-dealkylation sites (tertiary alicyclic amines) is 1. The summed E-state index contributed by atoms with van der Waals surface area (Å²) in [6.45, 7) is 1.37. The highest BCUT2D eigenvalue weighted by molar-refractivity contribution is 6.42. The molecule has 1 saturated heterocycles. The van der Waals surface area contributed by atoms with Crippen LogP contribution in [0.15, 0.2) is 41.2 Å². The van der Waals surface area contributed by atoms with Crippen LogP contribution < -0.4 is 5.69 Å². The molecule has 2 heterocycles. The molecule has 1 aliphatic carbocycles. The highest BCUT2D eigenvalue weighted by atomic mass is 35.5. The van der Waals surface area contributed by atoms with E-state index in [0.29, 0.717) is 34.4 Å². The number of carbonyl (C=O) groups excluding carboxylic acids is 1. The Bertz CT molecular complexity index is 1250. The van der Waals surface area contributed by atoms with E-state index in [1.165, 1.54) is 10.6 Å². The molecule has 2 fully saturated rings. The zero-order chi connectivity index (χ0) is 22.4. The average molecular weight is 475 g/mol. The van der Waals surface area contributed by atoms with Gasteiger partial charge in [0.25, 0.3) is 0 Å². The Labute approximate surface area is 194 Å². The van der Waals surface area contributed by atoms with Crippen molar-refractivity contribution in [2.45, 2.75) is 25.7 Å². The molecule has 3 aromatic rings. The van der Waals surface area contributed by atoms with Gasteiger partial charge in [-0.1, -0.05) is 35.3 Å². The van der Waals surface area contributed by atoms with Crippen molar-refractivity contribution in [1.82, 2.24) is 19.7 Å². The molecule has 9 heteroatoms. The van der Waals surface area contributed by atoms with E-state index in [9.17, 15) is 9.59 Å². The molecule has 1 atom stereocenters. The maximum absolute atomic E-state index is 15.1. The Morgan fingerprint density at radius 1 is 1.09 bits per heavy atom. The van der Waals surface area contributed by atoms with Gasteiger partial charge in [0.2, 0.25) is 5.91 Å². The number of hydrogen-bond acceptors (Lipinski definition) is 3. The lowest BCUT2D eigenvalue weighted by atomic mass is 10.0. The fourth-order valence-corrected chi connectivity index (χ4v) is 4.60. The largest absolute Gasteiger partial charge is 0.348 e. The van der Waals surface area contributed by atoms with E-state index in [1.54, 1.807) is 30.3 Å². The summed E-state index contributed by atoms with van der Waals surface area (Å²) < 4.78 is 16.4. The van der Waals surface area contributed by atoms with Gasteiger partial charge in [0.15, 0.2) is 0 Å². The molecule has 1 amide bonds. The number of nitrogens with one attached hydrogen (secondary N) is 1. The first kappa shape index (κ1) is 21.2. The molecule has 0 bridgehead atoms. The number of benzene rings is 2. The molecule has 166 valence electrons. The van der Waals surface area contributed by atoms with Gasteiger partial charge in [0.1, 0.15) is 11.6 Å². The molecule has 1 N–H and O–H groups in total. The lowest BCUT2D eigenvalue weighted by Gasteiger charge is -2.16. The zero-order valence-corrected chi connectivity index (χ0v) is 18.7. The molecule has 0 radical (unpaired) electrons. The molecule has 6 nitrogen and oxygen atoms in total.